The van der Waals surface area contributed by atoms with Gasteiger partial charge in [0.15, 0.2) is 6.73 Å². The number of carbonyl (C=O) groups excluding carboxylic acids is 1. The van der Waals surface area contributed by atoms with Crippen molar-refractivity contribution in [1.29, 1.82) is 0 Å². The molecule has 0 unspecified atom stereocenters. The highest BCUT2D eigenvalue weighted by molar-refractivity contribution is 6.04. The number of alkyl halides is 3. The average molecular weight is 342 g/mol. The summed E-state index contributed by atoms with van der Waals surface area (Å²) in [5.41, 5.74) is 1.61. The van der Waals surface area contributed by atoms with Crippen molar-refractivity contribution in [1.82, 2.24) is 10.3 Å². The average Bonchev–Trinajstić information content (AvgIpc) is 3.06. The third-order valence-corrected chi connectivity index (χ3v) is 3.36. The van der Waals surface area contributed by atoms with Crippen LogP contribution in [0.3, 0.4) is 0 Å². The standard InChI is InChI=1S/C14H13F3N4O3/c15-14(16,17)10-5-9(12-6-24-13(22)20-19-12)1-2-11(10)18-7-21-3-4-23-8-21/h1-5,18H,6-8H2,(H,20,22). The molecule has 0 bridgehead atoms. The zero-order valence-electron chi connectivity index (χ0n) is 12.3. The number of nitrogens with zero attached hydrogens (tertiary/aromatic N) is 2. The van der Waals surface area contributed by atoms with Crippen molar-refractivity contribution in [3.05, 3.63) is 41.8 Å². The highest BCUT2D eigenvalue weighted by Crippen LogP contribution is 2.35. The number of ether oxygens (including phenoxy) is 2. The lowest BCUT2D eigenvalue weighted by molar-refractivity contribution is -0.137. The van der Waals surface area contributed by atoms with Gasteiger partial charge in [0, 0.05) is 17.5 Å². The largest absolute Gasteiger partial charge is 0.479 e. The van der Waals surface area contributed by atoms with Crippen LogP contribution in [0.25, 0.3) is 0 Å². The molecule has 2 aliphatic heterocycles. The summed E-state index contributed by atoms with van der Waals surface area (Å²) in [5, 5.41) is 6.45. The fourth-order valence-electron chi connectivity index (χ4n) is 2.17. The van der Waals surface area contributed by atoms with E-state index in [0.29, 0.717) is 0 Å². The van der Waals surface area contributed by atoms with E-state index in [0.717, 1.165) is 6.07 Å². The molecular formula is C14H13F3N4O3. The molecule has 7 nitrogen and oxygen atoms in total. The van der Waals surface area contributed by atoms with Crippen LogP contribution in [0, 0.1) is 0 Å². The number of carbonyl (C=O) groups is 1. The number of hydrogen-bond acceptors (Lipinski definition) is 6. The number of cyclic esters (lactones) is 1. The van der Waals surface area contributed by atoms with Gasteiger partial charge in [-0.25, -0.2) is 10.2 Å². The highest BCUT2D eigenvalue weighted by atomic mass is 19.4. The molecule has 10 heteroatoms. The monoisotopic (exact) mass is 342 g/mol. The highest BCUT2D eigenvalue weighted by Gasteiger charge is 2.34. The van der Waals surface area contributed by atoms with E-state index in [1.54, 1.807) is 11.1 Å². The van der Waals surface area contributed by atoms with E-state index >= 15 is 0 Å². The zero-order valence-corrected chi connectivity index (χ0v) is 12.3. The molecule has 128 valence electrons. The molecule has 3 rings (SSSR count). The summed E-state index contributed by atoms with van der Waals surface area (Å²) in [4.78, 5) is 12.5. The van der Waals surface area contributed by atoms with Crippen LogP contribution in [-0.2, 0) is 15.7 Å². The summed E-state index contributed by atoms with van der Waals surface area (Å²) >= 11 is 0. The van der Waals surface area contributed by atoms with E-state index in [1.807, 2.05) is 0 Å². The maximum atomic E-state index is 13.3. The smallest absolute Gasteiger partial charge is 0.428 e. The van der Waals surface area contributed by atoms with E-state index in [-0.39, 0.29) is 37.0 Å². The van der Waals surface area contributed by atoms with Gasteiger partial charge in [-0.15, -0.1) is 0 Å². The number of nitrogens with one attached hydrogen (secondary N) is 2. The van der Waals surface area contributed by atoms with Crippen LogP contribution in [-0.4, -0.2) is 36.7 Å². The minimum Gasteiger partial charge on any atom is -0.479 e. The molecule has 0 saturated carbocycles. The molecule has 0 fully saturated rings. The first kappa shape index (κ1) is 16.0. The normalized spacial score (nSPS) is 17.0. The molecule has 2 heterocycles. The van der Waals surface area contributed by atoms with Gasteiger partial charge in [-0.2, -0.15) is 18.3 Å². The van der Waals surface area contributed by atoms with Crippen LogP contribution in [0.5, 0.6) is 0 Å². The zero-order chi connectivity index (χ0) is 17.2. The quantitative estimate of drug-likeness (QED) is 0.878. The third kappa shape index (κ3) is 3.53. The van der Waals surface area contributed by atoms with Crippen LogP contribution in [0.4, 0.5) is 23.7 Å². The topological polar surface area (TPSA) is 75.2 Å². The van der Waals surface area contributed by atoms with Crippen LogP contribution >= 0.6 is 0 Å². The maximum absolute atomic E-state index is 13.3. The van der Waals surface area contributed by atoms with Crippen LogP contribution in [0.2, 0.25) is 0 Å². The second-order valence-electron chi connectivity index (χ2n) is 5.01. The third-order valence-electron chi connectivity index (χ3n) is 3.36. The Hall–Kier alpha value is -2.91. The number of halogens is 3. The van der Waals surface area contributed by atoms with Gasteiger partial charge >= 0.3 is 12.3 Å². The van der Waals surface area contributed by atoms with Crippen molar-refractivity contribution >= 4 is 17.5 Å². The number of rotatable bonds is 4. The summed E-state index contributed by atoms with van der Waals surface area (Å²) in [6, 6.07) is 3.77. The predicted molar refractivity (Wildman–Crippen MR) is 77.9 cm³/mol. The van der Waals surface area contributed by atoms with E-state index in [4.69, 9.17) is 9.47 Å². The van der Waals surface area contributed by atoms with Crippen molar-refractivity contribution in [2.24, 2.45) is 5.10 Å². The molecule has 24 heavy (non-hydrogen) atoms. The first-order valence-electron chi connectivity index (χ1n) is 6.90. The van der Waals surface area contributed by atoms with Gasteiger partial charge in [0.1, 0.15) is 18.6 Å². The van der Waals surface area contributed by atoms with Crippen molar-refractivity contribution in [2.45, 2.75) is 6.18 Å². The first-order valence-corrected chi connectivity index (χ1v) is 6.90. The van der Waals surface area contributed by atoms with Crippen LogP contribution in [0.1, 0.15) is 11.1 Å². The van der Waals surface area contributed by atoms with E-state index < -0.39 is 17.8 Å². The van der Waals surface area contributed by atoms with Gasteiger partial charge in [-0.05, 0) is 12.1 Å². The Morgan fingerprint density at radius 1 is 1.38 bits per heavy atom. The van der Waals surface area contributed by atoms with Gasteiger partial charge in [-0.1, -0.05) is 6.07 Å². The minimum absolute atomic E-state index is 0.0621. The summed E-state index contributed by atoms with van der Waals surface area (Å²) < 4.78 is 49.7. The second-order valence-corrected chi connectivity index (χ2v) is 5.01. The van der Waals surface area contributed by atoms with Gasteiger partial charge in [0.25, 0.3) is 0 Å². The van der Waals surface area contributed by atoms with Gasteiger partial charge in [-0.3, -0.25) is 0 Å². The Balaban J connectivity index is 1.83. The Labute approximate surface area is 134 Å². The fraction of sp³-hybridized carbons (Fsp3) is 0.286. The molecule has 0 saturated heterocycles. The summed E-state index contributed by atoms with van der Waals surface area (Å²) in [6.45, 7) is 0.255. The van der Waals surface area contributed by atoms with E-state index in [1.165, 1.54) is 18.4 Å². The molecule has 2 N–H and O–H groups in total. The number of amides is 1. The summed E-state index contributed by atoms with van der Waals surface area (Å²) in [5.74, 6) is 0. The Kier molecular flexibility index (Phi) is 4.19. The van der Waals surface area contributed by atoms with Crippen molar-refractivity contribution in [3.8, 4) is 0 Å². The maximum Gasteiger partial charge on any atom is 0.428 e. The van der Waals surface area contributed by atoms with E-state index in [2.05, 4.69) is 15.8 Å². The number of benzene rings is 1. The van der Waals surface area contributed by atoms with E-state index in [9.17, 15) is 18.0 Å². The molecule has 0 atom stereocenters. The van der Waals surface area contributed by atoms with Crippen molar-refractivity contribution < 1.29 is 27.4 Å². The fourth-order valence-corrected chi connectivity index (χ4v) is 2.17. The Morgan fingerprint density at radius 3 is 2.83 bits per heavy atom. The van der Waals surface area contributed by atoms with Crippen LogP contribution < -0.4 is 10.7 Å². The lowest BCUT2D eigenvalue weighted by Crippen LogP contribution is -2.31. The summed E-state index contributed by atoms with van der Waals surface area (Å²) in [6.07, 6.45) is -2.19. The first-order chi connectivity index (χ1) is 11.4. The number of hydrogen-bond donors (Lipinski definition) is 2. The molecular weight excluding hydrogens is 329 g/mol. The van der Waals surface area contributed by atoms with Gasteiger partial charge in [0.2, 0.25) is 0 Å². The predicted octanol–water partition coefficient (Wildman–Crippen LogP) is 2.28. The van der Waals surface area contributed by atoms with Crippen molar-refractivity contribution in [3.63, 3.8) is 0 Å². The molecule has 0 radical (unpaired) electrons. The molecule has 1 aromatic rings. The summed E-state index contributed by atoms with van der Waals surface area (Å²) in [7, 11) is 0. The molecule has 1 amide bonds. The molecule has 1 aromatic carbocycles. The van der Waals surface area contributed by atoms with Gasteiger partial charge < -0.3 is 19.7 Å². The van der Waals surface area contributed by atoms with Crippen molar-refractivity contribution in [2.75, 3.05) is 25.3 Å². The molecule has 0 spiro atoms. The van der Waals surface area contributed by atoms with Crippen LogP contribution in [0.15, 0.2) is 35.8 Å². The SMILES string of the molecule is O=C1NN=C(c2ccc(NCN3C=COC3)c(C(F)(F)F)c2)CO1. The minimum atomic E-state index is -4.55. The number of hydrazone groups is 1. The second kappa shape index (κ2) is 6.30. The Morgan fingerprint density at radius 2 is 2.21 bits per heavy atom. The number of anilines is 1. The molecule has 0 aliphatic carbocycles. The molecule has 0 aromatic heterocycles. The lowest BCUT2D eigenvalue weighted by Gasteiger charge is -2.20. The lowest BCUT2D eigenvalue weighted by atomic mass is 10.0. The Bertz CT molecular complexity index is 703. The molecule has 2 aliphatic rings. The van der Waals surface area contributed by atoms with Gasteiger partial charge in [0.05, 0.1) is 12.2 Å².